The van der Waals surface area contributed by atoms with Crippen molar-refractivity contribution in [3.8, 4) is 5.69 Å². The lowest BCUT2D eigenvalue weighted by Gasteiger charge is -2.09. The summed E-state index contributed by atoms with van der Waals surface area (Å²) in [6.45, 7) is 6.40. The molecule has 0 spiro atoms. The summed E-state index contributed by atoms with van der Waals surface area (Å²) in [5.41, 5.74) is 11.9. The molecule has 2 aromatic carbocycles. The molecule has 0 saturated heterocycles. The molecule has 0 unspecified atom stereocenters. The molecule has 0 aliphatic heterocycles. The molecule has 2 N–H and O–H groups in total. The molecular formula is C18H19N2+. The maximum Gasteiger partial charge on any atom is 0.221 e. The Balaban J connectivity index is 2.42. The van der Waals surface area contributed by atoms with Gasteiger partial charge in [0.15, 0.2) is 11.4 Å². The van der Waals surface area contributed by atoms with E-state index in [0.717, 1.165) is 16.8 Å². The van der Waals surface area contributed by atoms with E-state index >= 15 is 0 Å². The van der Waals surface area contributed by atoms with E-state index in [4.69, 9.17) is 5.73 Å². The number of nitrogen functional groups attached to an aromatic ring is 1. The summed E-state index contributed by atoms with van der Waals surface area (Å²) in [6, 6.07) is 16.8. The van der Waals surface area contributed by atoms with E-state index in [-0.39, 0.29) is 0 Å². The highest BCUT2D eigenvalue weighted by atomic mass is 15.0. The van der Waals surface area contributed by atoms with E-state index in [1.165, 1.54) is 22.3 Å². The van der Waals surface area contributed by atoms with Crippen molar-refractivity contribution in [3.63, 3.8) is 0 Å². The van der Waals surface area contributed by atoms with Crippen LogP contribution in [0.15, 0.2) is 48.5 Å². The van der Waals surface area contributed by atoms with Gasteiger partial charge >= 0.3 is 0 Å². The van der Waals surface area contributed by atoms with Gasteiger partial charge < -0.3 is 5.73 Å². The van der Waals surface area contributed by atoms with Crippen LogP contribution >= 0.6 is 0 Å². The summed E-state index contributed by atoms with van der Waals surface area (Å²) in [5, 5.41) is 2.30. The molecule has 0 saturated carbocycles. The molecule has 3 aromatic rings. The van der Waals surface area contributed by atoms with Gasteiger partial charge in [0.25, 0.3) is 0 Å². The lowest BCUT2D eigenvalue weighted by Crippen LogP contribution is -2.38. The SMILES string of the molecule is Cc1cc(C)[n+](-c2cccc3cccc(N)c23)c(C)c1. The molecule has 0 amide bonds. The monoisotopic (exact) mass is 263 g/mol. The summed E-state index contributed by atoms with van der Waals surface area (Å²) >= 11 is 0. The topological polar surface area (TPSA) is 29.9 Å². The second-order valence-corrected chi connectivity index (χ2v) is 5.37. The first-order valence-electron chi connectivity index (χ1n) is 6.85. The molecule has 20 heavy (non-hydrogen) atoms. The number of rotatable bonds is 1. The van der Waals surface area contributed by atoms with Gasteiger partial charge in [-0.2, -0.15) is 4.57 Å². The van der Waals surface area contributed by atoms with Gasteiger partial charge in [0.2, 0.25) is 5.69 Å². The quantitative estimate of drug-likeness (QED) is 0.527. The van der Waals surface area contributed by atoms with Gasteiger partial charge in [-0.1, -0.05) is 24.3 Å². The average molecular weight is 263 g/mol. The minimum Gasteiger partial charge on any atom is -0.398 e. The van der Waals surface area contributed by atoms with E-state index in [1.54, 1.807) is 0 Å². The molecule has 0 atom stereocenters. The highest BCUT2D eigenvalue weighted by Crippen LogP contribution is 2.25. The Morgan fingerprint density at radius 1 is 0.850 bits per heavy atom. The Morgan fingerprint density at radius 2 is 1.45 bits per heavy atom. The van der Waals surface area contributed by atoms with Crippen molar-refractivity contribution in [2.75, 3.05) is 5.73 Å². The van der Waals surface area contributed by atoms with Crippen molar-refractivity contribution >= 4 is 16.5 Å². The van der Waals surface area contributed by atoms with Crippen molar-refractivity contribution < 1.29 is 4.57 Å². The standard InChI is InChI=1S/C18H19N2/c1-12-10-13(2)20(14(3)11-12)17-9-5-7-15-6-4-8-16(19)18(15)17/h4-11H,19H2,1-3H3/q+1. The van der Waals surface area contributed by atoms with Crippen LogP contribution in [-0.2, 0) is 0 Å². The third kappa shape index (κ3) is 1.94. The van der Waals surface area contributed by atoms with E-state index in [2.05, 4.69) is 61.7 Å². The number of nitrogens with two attached hydrogens (primary N) is 1. The predicted octanol–water partition coefficient (Wildman–Crippen LogP) is 3.62. The van der Waals surface area contributed by atoms with Crippen molar-refractivity contribution in [2.24, 2.45) is 0 Å². The first-order valence-corrected chi connectivity index (χ1v) is 6.85. The minimum atomic E-state index is 0.824. The van der Waals surface area contributed by atoms with Crippen molar-refractivity contribution in [1.29, 1.82) is 0 Å². The van der Waals surface area contributed by atoms with Crippen LogP contribution in [0.2, 0.25) is 0 Å². The molecule has 3 rings (SSSR count). The van der Waals surface area contributed by atoms with Gasteiger partial charge in [-0.3, -0.25) is 0 Å². The lowest BCUT2D eigenvalue weighted by atomic mass is 10.1. The van der Waals surface area contributed by atoms with Crippen molar-refractivity contribution in [1.82, 2.24) is 0 Å². The molecular weight excluding hydrogens is 244 g/mol. The fourth-order valence-electron chi connectivity index (χ4n) is 3.02. The Labute approximate surface area is 119 Å². The summed E-state index contributed by atoms with van der Waals surface area (Å²) in [6.07, 6.45) is 0. The number of benzene rings is 2. The zero-order valence-electron chi connectivity index (χ0n) is 12.1. The summed E-state index contributed by atoms with van der Waals surface area (Å²) in [4.78, 5) is 0. The van der Waals surface area contributed by atoms with Crippen LogP contribution in [0.1, 0.15) is 17.0 Å². The second kappa shape index (κ2) is 4.64. The number of pyridine rings is 1. The van der Waals surface area contributed by atoms with Crippen LogP contribution in [0.5, 0.6) is 0 Å². The van der Waals surface area contributed by atoms with Crippen molar-refractivity contribution in [2.45, 2.75) is 20.8 Å². The van der Waals surface area contributed by atoms with Crippen molar-refractivity contribution in [3.05, 3.63) is 65.5 Å². The molecule has 1 aromatic heterocycles. The Hall–Kier alpha value is -2.35. The Kier molecular flexibility index (Phi) is 2.94. The van der Waals surface area contributed by atoms with Crippen LogP contribution in [0.4, 0.5) is 5.69 Å². The molecule has 0 bridgehead atoms. The number of nitrogens with zero attached hydrogens (tertiary/aromatic N) is 1. The molecule has 0 aliphatic rings. The highest BCUT2D eigenvalue weighted by molar-refractivity contribution is 5.97. The van der Waals surface area contributed by atoms with Gasteiger partial charge in [0.05, 0.1) is 5.39 Å². The Morgan fingerprint density at radius 3 is 2.10 bits per heavy atom. The smallest absolute Gasteiger partial charge is 0.221 e. The van der Waals surface area contributed by atoms with Crippen LogP contribution in [0.3, 0.4) is 0 Å². The lowest BCUT2D eigenvalue weighted by molar-refractivity contribution is -0.608. The molecule has 0 radical (unpaired) electrons. The molecule has 2 heteroatoms. The average Bonchev–Trinajstić information content (AvgIpc) is 2.38. The number of hydrogen-bond acceptors (Lipinski definition) is 1. The van der Waals surface area contributed by atoms with Gasteiger partial charge in [-0.25, -0.2) is 0 Å². The zero-order chi connectivity index (χ0) is 14.3. The molecule has 0 aliphatic carbocycles. The van der Waals surface area contributed by atoms with E-state index in [9.17, 15) is 0 Å². The van der Waals surface area contributed by atoms with Crippen LogP contribution in [0.25, 0.3) is 16.5 Å². The third-order valence-electron chi connectivity index (χ3n) is 3.73. The Bertz CT molecular complexity index is 775. The van der Waals surface area contributed by atoms with Crippen LogP contribution in [-0.4, -0.2) is 0 Å². The van der Waals surface area contributed by atoms with Gasteiger partial charge in [0.1, 0.15) is 0 Å². The number of aromatic nitrogens is 1. The van der Waals surface area contributed by atoms with Gasteiger partial charge in [0, 0.05) is 37.7 Å². The molecule has 1 heterocycles. The number of fused-ring (bicyclic) bond motifs is 1. The minimum absolute atomic E-state index is 0.824. The zero-order valence-corrected chi connectivity index (χ0v) is 12.1. The first kappa shape index (κ1) is 12.7. The number of aryl methyl sites for hydroxylation is 3. The number of anilines is 1. The molecule has 0 fully saturated rings. The van der Waals surface area contributed by atoms with Gasteiger partial charge in [-0.05, 0) is 23.9 Å². The van der Waals surface area contributed by atoms with Crippen LogP contribution < -0.4 is 10.3 Å². The van der Waals surface area contributed by atoms with E-state index in [0.29, 0.717) is 0 Å². The third-order valence-corrected chi connectivity index (χ3v) is 3.73. The molecule has 2 nitrogen and oxygen atoms in total. The van der Waals surface area contributed by atoms with Gasteiger partial charge in [-0.15, -0.1) is 0 Å². The van der Waals surface area contributed by atoms with Crippen LogP contribution in [0, 0.1) is 20.8 Å². The maximum atomic E-state index is 6.21. The summed E-state index contributed by atoms with van der Waals surface area (Å²) in [5.74, 6) is 0. The predicted molar refractivity (Wildman–Crippen MR) is 84.1 cm³/mol. The molecule has 100 valence electrons. The normalized spacial score (nSPS) is 10.9. The second-order valence-electron chi connectivity index (χ2n) is 5.37. The first-order chi connectivity index (χ1) is 9.58. The highest BCUT2D eigenvalue weighted by Gasteiger charge is 2.18. The maximum absolute atomic E-state index is 6.21. The van der Waals surface area contributed by atoms with E-state index < -0.39 is 0 Å². The largest absolute Gasteiger partial charge is 0.398 e. The summed E-state index contributed by atoms with van der Waals surface area (Å²) in [7, 11) is 0. The van der Waals surface area contributed by atoms with E-state index in [1.807, 2.05) is 12.1 Å². The fraction of sp³-hybridized carbons (Fsp3) is 0.167. The summed E-state index contributed by atoms with van der Waals surface area (Å²) < 4.78 is 2.27. The number of hydrogen-bond donors (Lipinski definition) is 1. The fourth-order valence-corrected chi connectivity index (χ4v) is 3.02.